The van der Waals surface area contributed by atoms with Gasteiger partial charge in [-0.15, -0.1) is 0 Å². The summed E-state index contributed by atoms with van der Waals surface area (Å²) in [5.41, 5.74) is -0.982. The number of benzene rings is 2. The van der Waals surface area contributed by atoms with Crippen LogP contribution in [0.5, 0.6) is 5.75 Å². The first-order valence-electron chi connectivity index (χ1n) is 6.37. The highest BCUT2D eigenvalue weighted by Crippen LogP contribution is 2.34. The summed E-state index contributed by atoms with van der Waals surface area (Å²) in [5.74, 6) is 0.449. The predicted octanol–water partition coefficient (Wildman–Crippen LogP) is 3.35. The fraction of sp³-hybridized carbons (Fsp3) is 0.133. The second kappa shape index (κ2) is 4.94. The molecule has 0 fully saturated rings. The lowest BCUT2D eigenvalue weighted by molar-refractivity contribution is -0.137. The minimum atomic E-state index is -4.56. The lowest BCUT2D eigenvalue weighted by Gasteiger charge is -2.13. The van der Waals surface area contributed by atoms with Crippen molar-refractivity contribution in [1.82, 2.24) is 9.55 Å². The molecular weight excluding hydrogens is 297 g/mol. The molecule has 1 N–H and O–H groups in total. The summed E-state index contributed by atoms with van der Waals surface area (Å²) < 4.78 is 45.6. The van der Waals surface area contributed by atoms with Crippen LogP contribution in [0.25, 0.3) is 16.7 Å². The first-order chi connectivity index (χ1) is 10.4. The van der Waals surface area contributed by atoms with Gasteiger partial charge in [0.15, 0.2) is 0 Å². The van der Waals surface area contributed by atoms with Gasteiger partial charge in [-0.05, 0) is 24.3 Å². The molecule has 0 saturated heterocycles. The van der Waals surface area contributed by atoms with E-state index in [1.54, 1.807) is 12.1 Å². The Labute approximate surface area is 122 Å². The molecular formula is C15H11F3N2O2. The van der Waals surface area contributed by atoms with Crippen LogP contribution >= 0.6 is 0 Å². The van der Waals surface area contributed by atoms with Gasteiger partial charge >= 0.3 is 11.9 Å². The first kappa shape index (κ1) is 14.2. The molecule has 0 radical (unpaired) electrons. The number of nitrogens with zero attached hydrogens (tertiary/aromatic N) is 1. The summed E-state index contributed by atoms with van der Waals surface area (Å²) >= 11 is 0. The van der Waals surface area contributed by atoms with E-state index in [-0.39, 0.29) is 5.69 Å². The highest BCUT2D eigenvalue weighted by molar-refractivity contribution is 5.79. The summed E-state index contributed by atoms with van der Waals surface area (Å²) in [7, 11) is 1.44. The standard InChI is InChI=1S/C15H11F3N2O2/c1-22-9-6-7-11-13(8-9)20(14(21)19-11)12-5-3-2-4-10(12)15(16,17)18/h2-8H,1H3,(H,19,21). The second-order valence-corrected chi connectivity index (χ2v) is 4.66. The summed E-state index contributed by atoms with van der Waals surface area (Å²) in [6.45, 7) is 0. The Hall–Kier alpha value is -2.70. The van der Waals surface area contributed by atoms with Gasteiger partial charge in [0.2, 0.25) is 0 Å². The maximum Gasteiger partial charge on any atom is 0.418 e. The number of fused-ring (bicyclic) bond motifs is 1. The van der Waals surface area contributed by atoms with Gasteiger partial charge in [0.05, 0.1) is 29.4 Å². The Morgan fingerprint density at radius 2 is 1.86 bits per heavy atom. The number of nitrogens with one attached hydrogen (secondary N) is 1. The Kier molecular flexibility index (Phi) is 3.20. The van der Waals surface area contributed by atoms with Gasteiger partial charge in [0.1, 0.15) is 5.75 Å². The molecule has 0 spiro atoms. The fourth-order valence-corrected chi connectivity index (χ4v) is 2.36. The molecule has 1 aromatic heterocycles. The second-order valence-electron chi connectivity index (χ2n) is 4.66. The minimum Gasteiger partial charge on any atom is -0.497 e. The van der Waals surface area contributed by atoms with E-state index >= 15 is 0 Å². The quantitative estimate of drug-likeness (QED) is 0.789. The Bertz CT molecular complexity index is 894. The third kappa shape index (κ3) is 2.24. The van der Waals surface area contributed by atoms with E-state index in [1.807, 2.05) is 0 Å². The van der Waals surface area contributed by atoms with Gasteiger partial charge in [-0.3, -0.25) is 4.57 Å². The average molecular weight is 308 g/mol. The molecule has 22 heavy (non-hydrogen) atoms. The van der Waals surface area contributed by atoms with Crippen molar-refractivity contribution in [3.05, 3.63) is 58.5 Å². The van der Waals surface area contributed by atoms with Gasteiger partial charge in [-0.1, -0.05) is 12.1 Å². The SMILES string of the molecule is COc1ccc2[nH]c(=O)n(-c3ccccc3C(F)(F)F)c2c1. The number of aromatic amines is 1. The van der Waals surface area contributed by atoms with Crippen molar-refractivity contribution in [3.8, 4) is 11.4 Å². The minimum absolute atomic E-state index is 0.223. The largest absolute Gasteiger partial charge is 0.497 e. The number of hydrogen-bond acceptors (Lipinski definition) is 2. The highest BCUT2D eigenvalue weighted by atomic mass is 19.4. The fourth-order valence-electron chi connectivity index (χ4n) is 2.36. The molecule has 0 saturated carbocycles. The molecule has 0 aliphatic heterocycles. The molecule has 3 rings (SSSR count). The number of imidazole rings is 1. The van der Waals surface area contributed by atoms with E-state index in [1.165, 1.54) is 31.4 Å². The monoisotopic (exact) mass is 308 g/mol. The molecule has 3 aromatic rings. The van der Waals surface area contributed by atoms with Crippen LogP contribution in [-0.2, 0) is 6.18 Å². The number of hydrogen-bond donors (Lipinski definition) is 1. The van der Waals surface area contributed by atoms with E-state index in [0.717, 1.165) is 10.6 Å². The van der Waals surface area contributed by atoms with Crippen molar-refractivity contribution in [2.75, 3.05) is 7.11 Å². The Balaban J connectivity index is 2.36. The molecule has 2 aromatic carbocycles. The van der Waals surface area contributed by atoms with Crippen LogP contribution in [0.3, 0.4) is 0 Å². The number of halogens is 3. The summed E-state index contributed by atoms with van der Waals surface area (Å²) in [5, 5.41) is 0. The zero-order valence-corrected chi connectivity index (χ0v) is 11.4. The molecule has 114 valence electrons. The van der Waals surface area contributed by atoms with E-state index < -0.39 is 17.4 Å². The van der Waals surface area contributed by atoms with Crippen molar-refractivity contribution >= 4 is 11.0 Å². The zero-order valence-electron chi connectivity index (χ0n) is 11.4. The van der Waals surface area contributed by atoms with E-state index in [0.29, 0.717) is 16.8 Å². The normalized spacial score (nSPS) is 11.8. The number of methoxy groups -OCH3 is 1. The van der Waals surface area contributed by atoms with E-state index in [2.05, 4.69) is 4.98 Å². The van der Waals surface area contributed by atoms with Gasteiger partial charge in [-0.25, -0.2) is 4.79 Å². The maximum absolute atomic E-state index is 13.2. The molecule has 0 unspecified atom stereocenters. The summed E-state index contributed by atoms with van der Waals surface area (Å²) in [4.78, 5) is 14.7. The number of H-pyrrole nitrogens is 1. The Morgan fingerprint density at radius 1 is 1.14 bits per heavy atom. The molecule has 7 heteroatoms. The van der Waals surface area contributed by atoms with Crippen molar-refractivity contribution in [2.45, 2.75) is 6.18 Å². The third-order valence-electron chi connectivity index (χ3n) is 3.34. The van der Waals surface area contributed by atoms with Crippen molar-refractivity contribution < 1.29 is 17.9 Å². The third-order valence-corrected chi connectivity index (χ3v) is 3.34. The van der Waals surface area contributed by atoms with Crippen LogP contribution in [0.2, 0.25) is 0 Å². The molecule has 4 nitrogen and oxygen atoms in total. The van der Waals surface area contributed by atoms with Gasteiger partial charge in [0, 0.05) is 6.07 Å². The Morgan fingerprint density at radius 3 is 2.55 bits per heavy atom. The number of rotatable bonds is 2. The van der Waals surface area contributed by atoms with E-state index in [4.69, 9.17) is 4.74 Å². The lowest BCUT2D eigenvalue weighted by atomic mass is 10.1. The smallest absolute Gasteiger partial charge is 0.418 e. The molecule has 1 heterocycles. The molecule has 0 aliphatic carbocycles. The average Bonchev–Trinajstić information content (AvgIpc) is 2.81. The van der Waals surface area contributed by atoms with E-state index in [9.17, 15) is 18.0 Å². The van der Waals surface area contributed by atoms with Gasteiger partial charge < -0.3 is 9.72 Å². The van der Waals surface area contributed by atoms with Crippen LogP contribution in [0.4, 0.5) is 13.2 Å². The summed E-state index contributed by atoms with van der Waals surface area (Å²) in [6.07, 6.45) is -4.56. The van der Waals surface area contributed by atoms with Crippen molar-refractivity contribution in [1.29, 1.82) is 0 Å². The van der Waals surface area contributed by atoms with Crippen molar-refractivity contribution in [2.24, 2.45) is 0 Å². The van der Waals surface area contributed by atoms with Crippen LogP contribution in [0, 0.1) is 0 Å². The van der Waals surface area contributed by atoms with Gasteiger partial charge in [-0.2, -0.15) is 13.2 Å². The first-order valence-corrected chi connectivity index (χ1v) is 6.37. The predicted molar refractivity (Wildman–Crippen MR) is 75.4 cm³/mol. The molecule has 0 bridgehead atoms. The number of para-hydroxylation sites is 1. The van der Waals surface area contributed by atoms with Crippen LogP contribution in [-0.4, -0.2) is 16.7 Å². The summed E-state index contributed by atoms with van der Waals surface area (Å²) in [6, 6.07) is 9.67. The zero-order chi connectivity index (χ0) is 15.9. The maximum atomic E-state index is 13.2. The number of aromatic nitrogens is 2. The lowest BCUT2D eigenvalue weighted by Crippen LogP contribution is -2.19. The molecule has 0 aliphatic rings. The highest BCUT2D eigenvalue weighted by Gasteiger charge is 2.34. The topological polar surface area (TPSA) is 47.0 Å². The number of ether oxygens (including phenoxy) is 1. The molecule has 0 amide bonds. The number of alkyl halides is 3. The van der Waals surface area contributed by atoms with Crippen LogP contribution < -0.4 is 10.4 Å². The van der Waals surface area contributed by atoms with Gasteiger partial charge in [0.25, 0.3) is 0 Å². The van der Waals surface area contributed by atoms with Crippen LogP contribution in [0.15, 0.2) is 47.3 Å². The van der Waals surface area contributed by atoms with Crippen molar-refractivity contribution in [3.63, 3.8) is 0 Å². The van der Waals surface area contributed by atoms with Crippen LogP contribution in [0.1, 0.15) is 5.56 Å². The molecule has 0 atom stereocenters.